The number of hydrazone groups is 1. The molecular formula is C24H26N4O3. The maximum absolute atomic E-state index is 12.3. The number of nitrogens with one attached hydrogen (secondary N) is 1. The molecule has 1 heterocycles. The molecule has 3 rings (SSSR count). The summed E-state index contributed by atoms with van der Waals surface area (Å²) in [5.41, 5.74) is 9.55. The van der Waals surface area contributed by atoms with Crippen LogP contribution >= 0.6 is 0 Å². The SMILES string of the molecule is Cc1ccc(CC(=O)N/N=C/c2cc(C)n(-c3ccc(C)cc3[N+](=O)[O-])c2C)c(C)c1. The molecule has 0 radical (unpaired) electrons. The van der Waals surface area contributed by atoms with Crippen LogP contribution in [0, 0.1) is 44.7 Å². The van der Waals surface area contributed by atoms with Crippen LogP contribution in [0.5, 0.6) is 0 Å². The number of carbonyl (C=O) groups is 1. The third kappa shape index (κ3) is 4.88. The summed E-state index contributed by atoms with van der Waals surface area (Å²) in [6.07, 6.45) is 1.82. The van der Waals surface area contributed by atoms with Crippen LogP contribution in [-0.4, -0.2) is 21.6 Å². The monoisotopic (exact) mass is 418 g/mol. The minimum atomic E-state index is -0.373. The Kier molecular flexibility index (Phi) is 6.34. The first-order valence-electron chi connectivity index (χ1n) is 9.99. The van der Waals surface area contributed by atoms with Crippen LogP contribution in [0.2, 0.25) is 0 Å². The van der Waals surface area contributed by atoms with E-state index in [1.54, 1.807) is 18.3 Å². The van der Waals surface area contributed by atoms with Crippen molar-refractivity contribution in [2.75, 3.05) is 0 Å². The van der Waals surface area contributed by atoms with Crippen molar-refractivity contribution in [3.05, 3.63) is 91.8 Å². The van der Waals surface area contributed by atoms with Gasteiger partial charge < -0.3 is 4.57 Å². The fourth-order valence-electron chi connectivity index (χ4n) is 3.69. The minimum Gasteiger partial charge on any atom is -0.312 e. The molecule has 3 aromatic rings. The Morgan fingerprint density at radius 1 is 1.06 bits per heavy atom. The molecule has 1 N–H and O–H groups in total. The van der Waals surface area contributed by atoms with E-state index < -0.39 is 0 Å². The van der Waals surface area contributed by atoms with Gasteiger partial charge in [0.25, 0.3) is 5.69 Å². The zero-order chi connectivity index (χ0) is 22.7. The number of rotatable bonds is 6. The Balaban J connectivity index is 1.79. The molecule has 2 aromatic carbocycles. The molecule has 0 saturated heterocycles. The molecule has 0 aliphatic heterocycles. The van der Waals surface area contributed by atoms with Gasteiger partial charge in [0.15, 0.2) is 0 Å². The Morgan fingerprint density at radius 3 is 2.42 bits per heavy atom. The van der Waals surface area contributed by atoms with E-state index >= 15 is 0 Å². The lowest BCUT2D eigenvalue weighted by atomic mass is 10.0. The van der Waals surface area contributed by atoms with Crippen molar-refractivity contribution in [3.63, 3.8) is 0 Å². The normalized spacial score (nSPS) is 11.1. The highest BCUT2D eigenvalue weighted by molar-refractivity contribution is 5.85. The van der Waals surface area contributed by atoms with E-state index in [-0.39, 0.29) is 22.9 Å². The van der Waals surface area contributed by atoms with Gasteiger partial charge >= 0.3 is 0 Å². The number of aromatic nitrogens is 1. The topological polar surface area (TPSA) is 89.5 Å². The van der Waals surface area contributed by atoms with Crippen LogP contribution in [0.3, 0.4) is 0 Å². The van der Waals surface area contributed by atoms with Gasteiger partial charge in [-0.3, -0.25) is 14.9 Å². The molecular weight excluding hydrogens is 392 g/mol. The summed E-state index contributed by atoms with van der Waals surface area (Å²) in [6, 6.07) is 13.0. The fourth-order valence-corrected chi connectivity index (χ4v) is 3.69. The predicted octanol–water partition coefficient (Wildman–Crippen LogP) is 4.62. The number of carbonyl (C=O) groups excluding carboxylic acids is 1. The standard InChI is InChI=1S/C24H26N4O3/c1-15-6-8-20(17(3)10-15)13-24(29)26-25-14-21-12-18(4)27(19(21)5)22-9-7-16(2)11-23(22)28(30)31/h6-12,14H,13H2,1-5H3,(H,26,29)/b25-14+. The number of nitro benzene ring substituents is 1. The maximum atomic E-state index is 12.3. The fraction of sp³-hybridized carbons (Fsp3) is 0.250. The molecule has 0 aliphatic carbocycles. The third-order valence-electron chi connectivity index (χ3n) is 5.28. The van der Waals surface area contributed by atoms with Crippen LogP contribution < -0.4 is 5.43 Å². The van der Waals surface area contributed by atoms with Crippen molar-refractivity contribution in [1.82, 2.24) is 9.99 Å². The molecule has 0 spiro atoms. The van der Waals surface area contributed by atoms with Crippen LogP contribution in [0.25, 0.3) is 5.69 Å². The summed E-state index contributed by atoms with van der Waals surface area (Å²) in [5.74, 6) is -0.203. The van der Waals surface area contributed by atoms with E-state index in [0.717, 1.165) is 39.2 Å². The number of aryl methyl sites for hydroxylation is 4. The smallest absolute Gasteiger partial charge is 0.293 e. The van der Waals surface area contributed by atoms with Gasteiger partial charge in [0.05, 0.1) is 17.6 Å². The molecule has 0 aliphatic rings. The van der Waals surface area contributed by atoms with Gasteiger partial charge in [-0.1, -0.05) is 29.8 Å². The Hall–Kier alpha value is -3.74. The Morgan fingerprint density at radius 2 is 1.74 bits per heavy atom. The average Bonchev–Trinajstić information content (AvgIpc) is 2.97. The molecule has 160 valence electrons. The molecule has 0 bridgehead atoms. The van der Waals surface area contributed by atoms with Gasteiger partial charge in [0.2, 0.25) is 5.91 Å². The van der Waals surface area contributed by atoms with Gasteiger partial charge in [0, 0.05) is 23.0 Å². The number of hydrogen-bond donors (Lipinski definition) is 1. The first-order chi connectivity index (χ1) is 14.7. The Bertz CT molecular complexity index is 1190. The summed E-state index contributed by atoms with van der Waals surface area (Å²) >= 11 is 0. The van der Waals surface area contributed by atoms with Crippen molar-refractivity contribution in [2.24, 2.45) is 5.10 Å². The van der Waals surface area contributed by atoms with Crippen LogP contribution in [-0.2, 0) is 11.2 Å². The highest BCUT2D eigenvalue weighted by Crippen LogP contribution is 2.28. The maximum Gasteiger partial charge on any atom is 0.293 e. The van der Waals surface area contributed by atoms with Gasteiger partial charge in [0.1, 0.15) is 5.69 Å². The van der Waals surface area contributed by atoms with Crippen molar-refractivity contribution >= 4 is 17.8 Å². The summed E-state index contributed by atoms with van der Waals surface area (Å²) in [7, 11) is 0. The van der Waals surface area contributed by atoms with Crippen molar-refractivity contribution < 1.29 is 9.72 Å². The molecule has 0 unspecified atom stereocenters. The van der Waals surface area contributed by atoms with Gasteiger partial charge in [-0.25, -0.2) is 5.43 Å². The molecule has 0 saturated carbocycles. The number of nitro groups is 1. The summed E-state index contributed by atoms with van der Waals surface area (Å²) in [5, 5.41) is 15.6. The highest BCUT2D eigenvalue weighted by Gasteiger charge is 2.19. The quantitative estimate of drug-likeness (QED) is 0.360. The zero-order valence-electron chi connectivity index (χ0n) is 18.4. The lowest BCUT2D eigenvalue weighted by Gasteiger charge is -2.10. The number of nitrogens with zero attached hydrogens (tertiary/aromatic N) is 3. The second-order valence-electron chi connectivity index (χ2n) is 7.81. The molecule has 1 amide bonds. The Labute approximate surface area is 181 Å². The number of hydrogen-bond acceptors (Lipinski definition) is 4. The molecule has 31 heavy (non-hydrogen) atoms. The van der Waals surface area contributed by atoms with Crippen molar-refractivity contribution in [2.45, 2.75) is 41.0 Å². The van der Waals surface area contributed by atoms with Crippen LogP contribution in [0.1, 0.15) is 39.2 Å². The van der Waals surface area contributed by atoms with E-state index in [0.29, 0.717) is 5.69 Å². The molecule has 1 aromatic heterocycles. The van der Waals surface area contributed by atoms with Gasteiger partial charge in [-0.05, 0) is 63.4 Å². The van der Waals surface area contributed by atoms with E-state index in [1.165, 1.54) is 0 Å². The van der Waals surface area contributed by atoms with E-state index in [9.17, 15) is 14.9 Å². The largest absolute Gasteiger partial charge is 0.312 e. The second kappa shape index (κ2) is 8.95. The first kappa shape index (κ1) is 22.0. The lowest BCUT2D eigenvalue weighted by molar-refractivity contribution is -0.384. The summed E-state index contributed by atoms with van der Waals surface area (Å²) in [4.78, 5) is 23.4. The molecule has 0 fully saturated rings. The molecule has 0 atom stereocenters. The minimum absolute atomic E-state index is 0.0482. The van der Waals surface area contributed by atoms with Gasteiger partial charge in [-0.15, -0.1) is 0 Å². The summed E-state index contributed by atoms with van der Waals surface area (Å²) in [6.45, 7) is 9.58. The zero-order valence-corrected chi connectivity index (χ0v) is 18.4. The van der Waals surface area contributed by atoms with E-state index in [4.69, 9.17) is 0 Å². The number of amides is 1. The average molecular weight is 418 g/mol. The predicted molar refractivity (Wildman–Crippen MR) is 122 cm³/mol. The van der Waals surface area contributed by atoms with Crippen molar-refractivity contribution in [1.29, 1.82) is 0 Å². The molecule has 7 nitrogen and oxygen atoms in total. The van der Waals surface area contributed by atoms with Crippen molar-refractivity contribution in [3.8, 4) is 5.69 Å². The van der Waals surface area contributed by atoms with E-state index in [2.05, 4.69) is 10.5 Å². The number of benzene rings is 2. The molecule has 7 heteroatoms. The van der Waals surface area contributed by atoms with Crippen LogP contribution in [0.4, 0.5) is 5.69 Å². The second-order valence-corrected chi connectivity index (χ2v) is 7.81. The van der Waals surface area contributed by atoms with E-state index in [1.807, 2.05) is 69.5 Å². The van der Waals surface area contributed by atoms with Crippen LogP contribution in [0.15, 0.2) is 47.6 Å². The third-order valence-corrected chi connectivity index (χ3v) is 5.28. The van der Waals surface area contributed by atoms with Gasteiger partial charge in [-0.2, -0.15) is 5.10 Å². The summed E-state index contributed by atoms with van der Waals surface area (Å²) < 4.78 is 1.83. The first-order valence-corrected chi connectivity index (χ1v) is 9.99. The highest BCUT2D eigenvalue weighted by atomic mass is 16.6. The lowest BCUT2D eigenvalue weighted by Crippen LogP contribution is -2.20.